The molecule has 1 heterocycles. The van der Waals surface area contributed by atoms with Crippen molar-refractivity contribution in [2.24, 2.45) is 16.1 Å². The van der Waals surface area contributed by atoms with Crippen LogP contribution in [0.2, 0.25) is 0 Å². The molecule has 1 aliphatic heterocycles. The van der Waals surface area contributed by atoms with Gasteiger partial charge in [-0.05, 0) is 19.4 Å². The molecular formula is C11H22N4. The molecule has 0 aromatic carbocycles. The molecule has 0 unspecified atom stereocenters. The quantitative estimate of drug-likeness (QED) is 0.760. The molecule has 0 bridgehead atoms. The van der Waals surface area contributed by atoms with Gasteiger partial charge in [0.1, 0.15) is 5.84 Å². The summed E-state index contributed by atoms with van der Waals surface area (Å²) < 4.78 is 0. The van der Waals surface area contributed by atoms with E-state index in [9.17, 15) is 0 Å². The summed E-state index contributed by atoms with van der Waals surface area (Å²) in [6, 6.07) is 0. The van der Waals surface area contributed by atoms with Gasteiger partial charge in [0.2, 0.25) is 0 Å². The molecule has 0 aliphatic carbocycles. The number of hydrogen-bond donors (Lipinski definition) is 1. The van der Waals surface area contributed by atoms with Crippen LogP contribution in [0.1, 0.15) is 26.7 Å². The summed E-state index contributed by atoms with van der Waals surface area (Å²) in [4.78, 5) is 2.18. The molecule has 1 aliphatic rings. The Balaban J connectivity index is 2.51. The first-order valence-electron chi connectivity index (χ1n) is 5.64. The number of nitrogens with zero attached hydrogens (tertiary/aromatic N) is 3. The normalized spacial score (nSPS) is 16.3. The Hall–Kier alpha value is -0.900. The van der Waals surface area contributed by atoms with Crippen molar-refractivity contribution in [2.75, 3.05) is 27.2 Å². The first-order chi connectivity index (χ1) is 7.15. The molecule has 0 radical (unpaired) electrons. The Morgan fingerprint density at radius 1 is 1.33 bits per heavy atom. The fraction of sp³-hybridized carbons (Fsp3) is 0.818. The van der Waals surface area contributed by atoms with E-state index in [1.54, 1.807) is 0 Å². The highest BCUT2D eigenvalue weighted by atomic mass is 15.3. The molecule has 0 atom stereocenters. The molecule has 86 valence electrons. The van der Waals surface area contributed by atoms with Crippen LogP contribution < -0.4 is 5.32 Å². The topological polar surface area (TPSA) is 40.0 Å². The van der Waals surface area contributed by atoms with Gasteiger partial charge in [-0.15, -0.1) is 5.10 Å². The third kappa shape index (κ3) is 3.63. The van der Waals surface area contributed by atoms with Gasteiger partial charge < -0.3 is 10.2 Å². The van der Waals surface area contributed by atoms with Crippen molar-refractivity contribution in [2.45, 2.75) is 26.7 Å². The van der Waals surface area contributed by atoms with Crippen LogP contribution in [0.3, 0.4) is 0 Å². The van der Waals surface area contributed by atoms with Crippen LogP contribution >= 0.6 is 0 Å². The Bertz CT molecular complexity index is 255. The highest BCUT2D eigenvalue weighted by molar-refractivity contribution is 5.94. The van der Waals surface area contributed by atoms with E-state index in [1.165, 1.54) is 5.71 Å². The van der Waals surface area contributed by atoms with Gasteiger partial charge >= 0.3 is 0 Å². The second-order valence-electron chi connectivity index (χ2n) is 4.29. The summed E-state index contributed by atoms with van der Waals surface area (Å²) >= 11 is 0. The zero-order valence-corrected chi connectivity index (χ0v) is 10.2. The molecule has 0 fully saturated rings. The second-order valence-corrected chi connectivity index (χ2v) is 4.29. The van der Waals surface area contributed by atoms with Gasteiger partial charge in [0.25, 0.3) is 0 Å². The lowest BCUT2D eigenvalue weighted by Crippen LogP contribution is -2.34. The predicted molar refractivity (Wildman–Crippen MR) is 65.5 cm³/mol. The molecule has 0 saturated heterocycles. The Kier molecular flexibility index (Phi) is 4.75. The Morgan fingerprint density at radius 3 is 2.53 bits per heavy atom. The fourth-order valence-electron chi connectivity index (χ4n) is 1.54. The van der Waals surface area contributed by atoms with Crippen LogP contribution in [0, 0.1) is 5.92 Å². The van der Waals surface area contributed by atoms with E-state index in [1.807, 2.05) is 7.05 Å². The molecule has 1 N–H and O–H groups in total. The van der Waals surface area contributed by atoms with Gasteiger partial charge in [0.05, 0.1) is 0 Å². The van der Waals surface area contributed by atoms with Crippen molar-refractivity contribution in [3.63, 3.8) is 0 Å². The average molecular weight is 210 g/mol. The van der Waals surface area contributed by atoms with E-state index >= 15 is 0 Å². The number of likely N-dealkylation sites (N-methyl/N-ethyl adjacent to an activating group) is 2. The first-order valence-corrected chi connectivity index (χ1v) is 5.64. The van der Waals surface area contributed by atoms with Gasteiger partial charge in [0, 0.05) is 32.3 Å². The van der Waals surface area contributed by atoms with E-state index < -0.39 is 0 Å². The third-order valence-corrected chi connectivity index (χ3v) is 2.70. The molecule has 0 saturated carbocycles. The van der Waals surface area contributed by atoms with E-state index in [2.05, 4.69) is 41.3 Å². The van der Waals surface area contributed by atoms with E-state index in [0.717, 1.165) is 31.8 Å². The summed E-state index contributed by atoms with van der Waals surface area (Å²) in [6.07, 6.45) is 2.08. The lowest BCUT2D eigenvalue weighted by molar-refractivity contribution is 0.481. The SMILES string of the molecule is CNCCN(C)C1=NN=C(C(C)C)CC1. The summed E-state index contributed by atoms with van der Waals surface area (Å²) in [7, 11) is 4.04. The van der Waals surface area contributed by atoms with E-state index in [-0.39, 0.29) is 0 Å². The molecule has 4 heteroatoms. The third-order valence-electron chi connectivity index (χ3n) is 2.70. The minimum atomic E-state index is 0.526. The largest absolute Gasteiger partial charge is 0.360 e. The summed E-state index contributed by atoms with van der Waals surface area (Å²) in [6.45, 7) is 6.31. The summed E-state index contributed by atoms with van der Waals surface area (Å²) in [5.41, 5.74) is 1.22. The number of hydrogen-bond acceptors (Lipinski definition) is 4. The highest BCUT2D eigenvalue weighted by Gasteiger charge is 2.14. The highest BCUT2D eigenvalue weighted by Crippen LogP contribution is 2.12. The zero-order valence-electron chi connectivity index (χ0n) is 10.2. The molecule has 0 aromatic rings. The summed E-state index contributed by atoms with van der Waals surface area (Å²) in [5, 5.41) is 11.7. The fourth-order valence-corrected chi connectivity index (χ4v) is 1.54. The van der Waals surface area contributed by atoms with Crippen molar-refractivity contribution in [3.05, 3.63) is 0 Å². The monoisotopic (exact) mass is 210 g/mol. The molecule has 15 heavy (non-hydrogen) atoms. The smallest absolute Gasteiger partial charge is 0.127 e. The minimum absolute atomic E-state index is 0.526. The van der Waals surface area contributed by atoms with Crippen LogP contribution in [-0.2, 0) is 0 Å². The first kappa shape index (κ1) is 12.2. The van der Waals surface area contributed by atoms with E-state index in [0.29, 0.717) is 5.92 Å². The Morgan fingerprint density at radius 2 is 2.07 bits per heavy atom. The molecule has 1 rings (SSSR count). The van der Waals surface area contributed by atoms with Crippen molar-refractivity contribution < 1.29 is 0 Å². The average Bonchev–Trinajstić information content (AvgIpc) is 2.26. The maximum atomic E-state index is 4.29. The Labute approximate surface area is 92.5 Å². The van der Waals surface area contributed by atoms with Crippen LogP contribution in [0.25, 0.3) is 0 Å². The minimum Gasteiger partial charge on any atom is -0.360 e. The molecular weight excluding hydrogens is 188 g/mol. The van der Waals surface area contributed by atoms with Crippen molar-refractivity contribution in [1.82, 2.24) is 10.2 Å². The lowest BCUT2D eigenvalue weighted by Gasteiger charge is -2.23. The van der Waals surface area contributed by atoms with Gasteiger partial charge in [-0.3, -0.25) is 0 Å². The maximum absolute atomic E-state index is 4.29. The summed E-state index contributed by atoms with van der Waals surface area (Å²) in [5.74, 6) is 1.63. The van der Waals surface area contributed by atoms with Gasteiger partial charge in [-0.2, -0.15) is 5.10 Å². The maximum Gasteiger partial charge on any atom is 0.127 e. The number of nitrogens with one attached hydrogen (secondary N) is 1. The van der Waals surface area contributed by atoms with Crippen molar-refractivity contribution >= 4 is 11.5 Å². The predicted octanol–water partition coefficient (Wildman–Crippen LogP) is 1.34. The molecule has 0 spiro atoms. The van der Waals surface area contributed by atoms with Gasteiger partial charge in [-0.25, -0.2) is 0 Å². The van der Waals surface area contributed by atoms with Gasteiger partial charge in [-0.1, -0.05) is 13.8 Å². The van der Waals surface area contributed by atoms with E-state index in [4.69, 9.17) is 0 Å². The zero-order chi connectivity index (χ0) is 11.3. The molecule has 0 aromatic heterocycles. The standard InChI is InChI=1S/C11H22N4/c1-9(2)10-5-6-11(14-13-10)15(4)8-7-12-3/h9,12H,5-8H2,1-4H3. The van der Waals surface area contributed by atoms with Crippen LogP contribution in [0.4, 0.5) is 0 Å². The number of amidine groups is 1. The van der Waals surface area contributed by atoms with Crippen molar-refractivity contribution in [1.29, 1.82) is 0 Å². The van der Waals surface area contributed by atoms with Crippen LogP contribution in [0.5, 0.6) is 0 Å². The molecule has 0 amide bonds. The van der Waals surface area contributed by atoms with Crippen LogP contribution in [-0.4, -0.2) is 43.6 Å². The number of rotatable bonds is 4. The lowest BCUT2D eigenvalue weighted by atomic mass is 10.0. The van der Waals surface area contributed by atoms with Gasteiger partial charge in [0.15, 0.2) is 0 Å². The molecule has 4 nitrogen and oxygen atoms in total. The van der Waals surface area contributed by atoms with Crippen LogP contribution in [0.15, 0.2) is 10.2 Å². The second kappa shape index (κ2) is 5.85. The van der Waals surface area contributed by atoms with Crippen molar-refractivity contribution in [3.8, 4) is 0 Å².